The topological polar surface area (TPSA) is 38.0 Å². The van der Waals surface area contributed by atoms with Crippen molar-refractivity contribution < 1.29 is 5.11 Å². The van der Waals surface area contributed by atoms with Crippen molar-refractivity contribution in [3.63, 3.8) is 0 Å². The molecule has 1 aliphatic rings. The van der Waals surface area contributed by atoms with Gasteiger partial charge in [-0.05, 0) is 50.5 Å². The first-order valence-electron chi connectivity index (χ1n) is 8.75. The van der Waals surface area contributed by atoms with Gasteiger partial charge in [0, 0.05) is 18.7 Å². The number of aryl methyl sites for hydroxylation is 2. The van der Waals surface area contributed by atoms with Crippen LogP contribution in [0.25, 0.3) is 0 Å². The van der Waals surface area contributed by atoms with Crippen LogP contribution < -0.4 is 0 Å². The maximum atomic E-state index is 11.1. The molecule has 0 radical (unpaired) electrons. The molecule has 1 aromatic heterocycles. The van der Waals surface area contributed by atoms with E-state index in [-0.39, 0.29) is 0 Å². The van der Waals surface area contributed by atoms with E-state index in [4.69, 9.17) is 0 Å². The molecule has 1 aromatic rings. The number of nitrogens with zero attached hydrogens (tertiary/aromatic N) is 2. The molecule has 1 fully saturated rings. The van der Waals surface area contributed by atoms with Crippen molar-refractivity contribution in [3.8, 4) is 0 Å². The summed E-state index contributed by atoms with van der Waals surface area (Å²) in [5.41, 5.74) is 1.82. The molecule has 0 saturated heterocycles. The first kappa shape index (κ1) is 16.5. The summed E-state index contributed by atoms with van der Waals surface area (Å²) in [6.07, 6.45) is 7.19. The standard InChI is InChI=1S/C18H32N2O/c1-5-16-12-17(20(6-2)19-16)13-18(21)10-7-8-15(9-11-18)14(3)4/h12,14-15,21H,5-11,13H2,1-4H3. The first-order valence-corrected chi connectivity index (χ1v) is 8.75. The lowest BCUT2D eigenvalue weighted by Gasteiger charge is -2.27. The zero-order valence-corrected chi connectivity index (χ0v) is 14.2. The molecular weight excluding hydrogens is 260 g/mol. The minimum absolute atomic E-state index is 0.526. The highest BCUT2D eigenvalue weighted by Crippen LogP contribution is 2.35. The van der Waals surface area contributed by atoms with E-state index >= 15 is 0 Å². The van der Waals surface area contributed by atoms with E-state index in [1.807, 2.05) is 0 Å². The normalized spacial score (nSPS) is 27.0. The number of aliphatic hydroxyl groups is 1. The summed E-state index contributed by atoms with van der Waals surface area (Å²) in [5.74, 6) is 1.52. The van der Waals surface area contributed by atoms with Crippen LogP contribution >= 0.6 is 0 Å². The minimum atomic E-state index is -0.526. The maximum absolute atomic E-state index is 11.1. The molecule has 21 heavy (non-hydrogen) atoms. The van der Waals surface area contributed by atoms with Crippen molar-refractivity contribution in [2.45, 2.75) is 84.8 Å². The zero-order chi connectivity index (χ0) is 15.5. The van der Waals surface area contributed by atoms with Gasteiger partial charge < -0.3 is 5.11 Å². The van der Waals surface area contributed by atoms with Crippen LogP contribution in [0.2, 0.25) is 0 Å². The molecule has 3 nitrogen and oxygen atoms in total. The molecule has 3 heteroatoms. The van der Waals surface area contributed by atoms with Crippen molar-refractivity contribution >= 4 is 0 Å². The molecule has 1 heterocycles. The Balaban J connectivity index is 2.08. The summed E-state index contributed by atoms with van der Waals surface area (Å²) in [4.78, 5) is 0. The second-order valence-electron chi connectivity index (χ2n) is 7.13. The van der Waals surface area contributed by atoms with Gasteiger partial charge in [-0.15, -0.1) is 0 Å². The Kier molecular flexibility index (Phi) is 5.48. The van der Waals surface area contributed by atoms with Crippen LogP contribution in [-0.2, 0) is 19.4 Å². The van der Waals surface area contributed by atoms with Crippen molar-refractivity contribution in [1.29, 1.82) is 0 Å². The molecule has 1 aliphatic carbocycles. The number of hydrogen-bond acceptors (Lipinski definition) is 2. The Morgan fingerprint density at radius 1 is 1.33 bits per heavy atom. The van der Waals surface area contributed by atoms with Crippen LogP contribution in [0.5, 0.6) is 0 Å². The zero-order valence-electron chi connectivity index (χ0n) is 14.2. The molecule has 120 valence electrons. The van der Waals surface area contributed by atoms with Crippen LogP contribution in [0.1, 0.15) is 71.2 Å². The van der Waals surface area contributed by atoms with Crippen LogP contribution in [0, 0.1) is 11.8 Å². The average molecular weight is 292 g/mol. The van der Waals surface area contributed by atoms with Gasteiger partial charge in [-0.3, -0.25) is 4.68 Å². The number of rotatable bonds is 5. The number of hydrogen-bond donors (Lipinski definition) is 1. The molecule has 1 N–H and O–H groups in total. The SMILES string of the molecule is CCc1cc(CC2(O)CCCC(C(C)C)CC2)n(CC)n1. The monoisotopic (exact) mass is 292 g/mol. The van der Waals surface area contributed by atoms with Gasteiger partial charge in [0.1, 0.15) is 0 Å². The average Bonchev–Trinajstić information content (AvgIpc) is 2.72. The highest BCUT2D eigenvalue weighted by atomic mass is 16.3. The van der Waals surface area contributed by atoms with Crippen molar-refractivity contribution in [1.82, 2.24) is 9.78 Å². The second-order valence-corrected chi connectivity index (χ2v) is 7.13. The highest BCUT2D eigenvalue weighted by molar-refractivity contribution is 5.13. The van der Waals surface area contributed by atoms with Crippen molar-refractivity contribution in [3.05, 3.63) is 17.5 Å². The maximum Gasteiger partial charge on any atom is 0.0703 e. The minimum Gasteiger partial charge on any atom is -0.389 e. The van der Waals surface area contributed by atoms with Gasteiger partial charge in [-0.2, -0.15) is 5.10 Å². The molecule has 2 rings (SSSR count). The third kappa shape index (κ3) is 4.09. The largest absolute Gasteiger partial charge is 0.389 e. The van der Waals surface area contributed by atoms with Gasteiger partial charge in [-0.25, -0.2) is 0 Å². The summed E-state index contributed by atoms with van der Waals surface area (Å²) >= 11 is 0. The van der Waals surface area contributed by atoms with Gasteiger partial charge >= 0.3 is 0 Å². The molecule has 0 bridgehead atoms. The van der Waals surface area contributed by atoms with Gasteiger partial charge in [0.25, 0.3) is 0 Å². The summed E-state index contributed by atoms with van der Waals surface area (Å²) in [6, 6.07) is 2.19. The summed E-state index contributed by atoms with van der Waals surface area (Å²) in [7, 11) is 0. The predicted molar refractivity (Wildman–Crippen MR) is 87.3 cm³/mol. The highest BCUT2D eigenvalue weighted by Gasteiger charge is 2.32. The summed E-state index contributed by atoms with van der Waals surface area (Å²) in [5, 5.41) is 15.7. The van der Waals surface area contributed by atoms with Gasteiger partial charge in [-0.1, -0.05) is 33.6 Å². The lowest BCUT2D eigenvalue weighted by Crippen LogP contribution is -2.32. The van der Waals surface area contributed by atoms with Crippen molar-refractivity contribution in [2.75, 3.05) is 0 Å². The fourth-order valence-electron chi connectivity index (χ4n) is 3.70. The predicted octanol–water partition coefficient (Wildman–Crippen LogP) is 3.98. The first-order chi connectivity index (χ1) is 9.97. The van der Waals surface area contributed by atoms with E-state index in [1.54, 1.807) is 0 Å². The summed E-state index contributed by atoms with van der Waals surface area (Å²) < 4.78 is 2.07. The van der Waals surface area contributed by atoms with Gasteiger partial charge in [0.2, 0.25) is 0 Å². The van der Waals surface area contributed by atoms with Gasteiger partial charge in [0.15, 0.2) is 0 Å². The molecule has 0 amide bonds. The number of aromatic nitrogens is 2. The summed E-state index contributed by atoms with van der Waals surface area (Å²) in [6.45, 7) is 9.78. The lowest BCUT2D eigenvalue weighted by atomic mass is 9.86. The van der Waals surface area contributed by atoms with Crippen LogP contribution in [-0.4, -0.2) is 20.5 Å². The molecule has 0 aliphatic heterocycles. The Morgan fingerprint density at radius 2 is 2.10 bits per heavy atom. The fourth-order valence-corrected chi connectivity index (χ4v) is 3.70. The lowest BCUT2D eigenvalue weighted by molar-refractivity contribution is 0.0218. The fraction of sp³-hybridized carbons (Fsp3) is 0.833. The van der Waals surface area contributed by atoms with E-state index in [1.165, 1.54) is 12.1 Å². The molecular formula is C18H32N2O. The van der Waals surface area contributed by atoms with Crippen LogP contribution in [0.3, 0.4) is 0 Å². The Hall–Kier alpha value is -0.830. The third-order valence-electron chi connectivity index (χ3n) is 5.23. The van der Waals surface area contributed by atoms with E-state index in [9.17, 15) is 5.11 Å². The van der Waals surface area contributed by atoms with Crippen molar-refractivity contribution in [2.24, 2.45) is 11.8 Å². The Bertz CT molecular complexity index is 452. The molecule has 1 saturated carbocycles. The smallest absolute Gasteiger partial charge is 0.0703 e. The van der Waals surface area contributed by atoms with E-state index < -0.39 is 5.60 Å². The Labute approximate surface area is 129 Å². The van der Waals surface area contributed by atoms with E-state index in [2.05, 4.69) is 43.5 Å². The van der Waals surface area contributed by atoms with Crippen LogP contribution in [0.15, 0.2) is 6.07 Å². The van der Waals surface area contributed by atoms with Crippen LogP contribution in [0.4, 0.5) is 0 Å². The third-order valence-corrected chi connectivity index (χ3v) is 5.23. The molecule has 0 aromatic carbocycles. The van der Waals surface area contributed by atoms with E-state index in [0.717, 1.165) is 62.6 Å². The molecule has 2 unspecified atom stereocenters. The molecule has 2 atom stereocenters. The molecule has 0 spiro atoms. The Morgan fingerprint density at radius 3 is 2.71 bits per heavy atom. The second kappa shape index (κ2) is 6.95. The van der Waals surface area contributed by atoms with Gasteiger partial charge in [0.05, 0.1) is 11.3 Å². The van der Waals surface area contributed by atoms with E-state index in [0.29, 0.717) is 0 Å². The quantitative estimate of drug-likeness (QED) is 0.834.